The number of ether oxygens (including phenoxy) is 1. The number of Topliss-reactive ketones (excluding diaryl/α,β-unsaturated/α-hetero) is 1. The van der Waals surface area contributed by atoms with Crippen LogP contribution in [0.4, 0.5) is 0 Å². The Labute approximate surface area is 132 Å². The number of benzene rings is 1. The highest BCUT2D eigenvalue weighted by Crippen LogP contribution is 2.46. The summed E-state index contributed by atoms with van der Waals surface area (Å²) < 4.78 is 5.84. The summed E-state index contributed by atoms with van der Waals surface area (Å²) in [5, 5.41) is 0. The van der Waals surface area contributed by atoms with Crippen molar-refractivity contribution in [1.82, 2.24) is 4.90 Å². The summed E-state index contributed by atoms with van der Waals surface area (Å²) in [6.45, 7) is 9.38. The summed E-state index contributed by atoms with van der Waals surface area (Å²) in [5.41, 5.74) is -0.114. The van der Waals surface area contributed by atoms with Crippen LogP contribution in [0.3, 0.4) is 0 Å². The van der Waals surface area contributed by atoms with Gasteiger partial charge in [0.05, 0.1) is 6.04 Å². The second kappa shape index (κ2) is 5.51. The summed E-state index contributed by atoms with van der Waals surface area (Å²) in [4.78, 5) is 26.3. The van der Waals surface area contributed by atoms with Gasteiger partial charge in [-0.2, -0.15) is 0 Å². The molecule has 1 aliphatic rings. The molecule has 1 heterocycles. The molecule has 0 aromatic heterocycles. The molecule has 1 fully saturated rings. The van der Waals surface area contributed by atoms with Crippen LogP contribution in [-0.2, 0) is 19.9 Å². The third kappa shape index (κ3) is 2.45. The highest BCUT2D eigenvalue weighted by atomic mass is 16.5. The summed E-state index contributed by atoms with van der Waals surface area (Å²) >= 11 is 0. The number of carbonyl (C=O) groups is 2. The first-order valence-electron chi connectivity index (χ1n) is 7.59. The molecule has 0 spiro atoms. The van der Waals surface area contributed by atoms with E-state index in [0.29, 0.717) is 0 Å². The minimum Gasteiger partial charge on any atom is -0.372 e. The Morgan fingerprint density at radius 2 is 1.68 bits per heavy atom. The van der Waals surface area contributed by atoms with Gasteiger partial charge in [0.1, 0.15) is 17.3 Å². The Hall–Kier alpha value is -1.68. The molecule has 0 saturated carbocycles. The SMILES string of the molecule is COC(C)(c1ccccc1)[C@H]1[C@@H](C(C)=O)C(=O)N1C(C)(C)C. The molecule has 3 atom stereocenters. The van der Waals surface area contributed by atoms with Crippen LogP contribution in [0, 0.1) is 5.92 Å². The molecule has 0 N–H and O–H groups in total. The van der Waals surface area contributed by atoms with Crippen molar-refractivity contribution in [3.05, 3.63) is 35.9 Å². The molecule has 1 aromatic carbocycles. The van der Waals surface area contributed by atoms with E-state index in [2.05, 4.69) is 0 Å². The fraction of sp³-hybridized carbons (Fsp3) is 0.556. The van der Waals surface area contributed by atoms with Crippen LogP contribution in [0.15, 0.2) is 30.3 Å². The van der Waals surface area contributed by atoms with E-state index in [9.17, 15) is 9.59 Å². The van der Waals surface area contributed by atoms with Gasteiger partial charge in [0.25, 0.3) is 0 Å². The molecule has 1 amide bonds. The molecular weight excluding hydrogens is 278 g/mol. The van der Waals surface area contributed by atoms with Crippen molar-refractivity contribution in [1.29, 1.82) is 0 Å². The zero-order chi connectivity index (χ0) is 16.7. The van der Waals surface area contributed by atoms with Crippen LogP contribution in [-0.4, -0.2) is 35.3 Å². The van der Waals surface area contributed by atoms with Crippen molar-refractivity contribution in [2.24, 2.45) is 5.92 Å². The predicted octanol–water partition coefficient (Wildman–Crippen LogP) is 2.76. The van der Waals surface area contributed by atoms with Gasteiger partial charge in [0.2, 0.25) is 5.91 Å². The summed E-state index contributed by atoms with van der Waals surface area (Å²) in [6.07, 6.45) is 0. The number of methoxy groups -OCH3 is 1. The molecule has 1 aliphatic heterocycles. The molecule has 1 aromatic rings. The van der Waals surface area contributed by atoms with Crippen LogP contribution in [0.1, 0.15) is 40.2 Å². The molecule has 4 nitrogen and oxygen atoms in total. The van der Waals surface area contributed by atoms with E-state index in [0.717, 1.165) is 5.56 Å². The van der Waals surface area contributed by atoms with Crippen LogP contribution < -0.4 is 0 Å². The van der Waals surface area contributed by atoms with Crippen LogP contribution >= 0.6 is 0 Å². The Bertz CT molecular complexity index is 576. The van der Waals surface area contributed by atoms with Gasteiger partial charge in [-0.05, 0) is 40.2 Å². The number of amides is 1. The molecule has 0 bridgehead atoms. The lowest BCUT2D eigenvalue weighted by atomic mass is 9.69. The maximum Gasteiger partial charge on any atom is 0.236 e. The van der Waals surface area contributed by atoms with Gasteiger partial charge in [-0.3, -0.25) is 9.59 Å². The van der Waals surface area contributed by atoms with Gasteiger partial charge in [0, 0.05) is 12.6 Å². The standard InChI is InChI=1S/C18H25NO3/c1-12(20)14-15(19(16(14)21)17(2,3)4)18(5,22-6)13-10-8-7-9-11-13/h7-11,14-15H,1-6H3/t14-,15-,18?/m1/s1. The molecular formula is C18H25NO3. The van der Waals surface area contributed by atoms with Crippen molar-refractivity contribution in [3.8, 4) is 0 Å². The lowest BCUT2D eigenvalue weighted by Gasteiger charge is -2.58. The van der Waals surface area contributed by atoms with Crippen molar-refractivity contribution in [2.75, 3.05) is 7.11 Å². The number of carbonyl (C=O) groups excluding carboxylic acids is 2. The van der Waals surface area contributed by atoms with Gasteiger partial charge in [-0.15, -0.1) is 0 Å². The molecule has 22 heavy (non-hydrogen) atoms. The largest absolute Gasteiger partial charge is 0.372 e. The zero-order valence-corrected chi connectivity index (χ0v) is 14.2. The maximum atomic E-state index is 12.5. The Morgan fingerprint density at radius 1 is 1.14 bits per heavy atom. The summed E-state index contributed by atoms with van der Waals surface area (Å²) in [6, 6.07) is 9.48. The van der Waals surface area contributed by atoms with Gasteiger partial charge < -0.3 is 9.64 Å². The molecule has 0 radical (unpaired) electrons. The predicted molar refractivity (Wildman–Crippen MR) is 85.4 cm³/mol. The second-order valence-corrected chi connectivity index (χ2v) is 7.09. The minimum absolute atomic E-state index is 0.102. The fourth-order valence-corrected chi connectivity index (χ4v) is 3.38. The van der Waals surface area contributed by atoms with Gasteiger partial charge in [-0.25, -0.2) is 0 Å². The van der Waals surface area contributed by atoms with E-state index >= 15 is 0 Å². The van der Waals surface area contributed by atoms with Crippen LogP contribution in [0.5, 0.6) is 0 Å². The van der Waals surface area contributed by atoms with Crippen LogP contribution in [0.25, 0.3) is 0 Å². The van der Waals surface area contributed by atoms with E-state index in [1.807, 2.05) is 58.0 Å². The van der Waals surface area contributed by atoms with Crippen molar-refractivity contribution >= 4 is 11.7 Å². The molecule has 1 unspecified atom stereocenters. The van der Waals surface area contributed by atoms with E-state index in [1.165, 1.54) is 6.92 Å². The number of β-lactam (4-membered cyclic amide) rings is 1. The average Bonchev–Trinajstić information content (AvgIpc) is 2.42. The minimum atomic E-state index is -0.723. The molecule has 2 rings (SSSR count). The van der Waals surface area contributed by atoms with E-state index in [1.54, 1.807) is 12.0 Å². The lowest BCUT2D eigenvalue weighted by molar-refractivity contribution is -0.195. The van der Waals surface area contributed by atoms with E-state index in [4.69, 9.17) is 4.74 Å². The third-order valence-corrected chi connectivity index (χ3v) is 4.59. The van der Waals surface area contributed by atoms with E-state index in [-0.39, 0.29) is 23.3 Å². The van der Waals surface area contributed by atoms with Gasteiger partial charge in [-0.1, -0.05) is 30.3 Å². The highest BCUT2D eigenvalue weighted by molar-refractivity contribution is 6.06. The number of hydrogen-bond acceptors (Lipinski definition) is 3. The first-order valence-corrected chi connectivity index (χ1v) is 7.59. The normalized spacial score (nSPS) is 24.6. The number of ketones is 1. The maximum absolute atomic E-state index is 12.5. The number of rotatable bonds is 4. The molecule has 1 saturated heterocycles. The van der Waals surface area contributed by atoms with Crippen molar-refractivity contribution < 1.29 is 14.3 Å². The molecule has 4 heteroatoms. The topological polar surface area (TPSA) is 46.6 Å². The monoisotopic (exact) mass is 303 g/mol. The smallest absolute Gasteiger partial charge is 0.236 e. The lowest BCUT2D eigenvalue weighted by Crippen LogP contribution is -2.74. The third-order valence-electron chi connectivity index (χ3n) is 4.59. The number of likely N-dealkylation sites (tertiary alicyclic amines) is 1. The summed E-state index contributed by atoms with van der Waals surface area (Å²) in [7, 11) is 1.63. The first-order chi connectivity index (χ1) is 10.1. The van der Waals surface area contributed by atoms with Gasteiger partial charge in [0.15, 0.2) is 0 Å². The average molecular weight is 303 g/mol. The van der Waals surface area contributed by atoms with Crippen molar-refractivity contribution in [3.63, 3.8) is 0 Å². The number of nitrogens with zero attached hydrogens (tertiary/aromatic N) is 1. The van der Waals surface area contributed by atoms with Crippen LogP contribution in [0.2, 0.25) is 0 Å². The fourth-order valence-electron chi connectivity index (χ4n) is 3.38. The first kappa shape index (κ1) is 16.7. The molecule has 0 aliphatic carbocycles. The second-order valence-electron chi connectivity index (χ2n) is 7.09. The van der Waals surface area contributed by atoms with Gasteiger partial charge >= 0.3 is 0 Å². The zero-order valence-electron chi connectivity index (χ0n) is 14.2. The Morgan fingerprint density at radius 3 is 2.09 bits per heavy atom. The van der Waals surface area contributed by atoms with E-state index < -0.39 is 11.5 Å². The Kier molecular flexibility index (Phi) is 4.18. The molecule has 120 valence electrons. The van der Waals surface area contributed by atoms with Crippen molar-refractivity contribution in [2.45, 2.75) is 51.8 Å². The summed E-state index contributed by atoms with van der Waals surface area (Å²) in [5.74, 6) is -0.844. The highest BCUT2D eigenvalue weighted by Gasteiger charge is 2.61. The Balaban J connectivity index is 2.52. The number of hydrogen-bond donors (Lipinski definition) is 0. The quantitative estimate of drug-likeness (QED) is 0.635.